The Morgan fingerprint density at radius 2 is 1.90 bits per heavy atom. The van der Waals surface area contributed by atoms with Gasteiger partial charge in [-0.25, -0.2) is 4.79 Å². The number of imidazole rings is 1. The Morgan fingerprint density at radius 3 is 2.59 bits per heavy atom. The molecule has 3 aromatic rings. The van der Waals surface area contributed by atoms with Crippen molar-refractivity contribution in [2.45, 2.75) is 25.4 Å². The number of rotatable bonds is 4. The smallest absolute Gasteiger partial charge is 0.329 e. The maximum absolute atomic E-state index is 13.3. The van der Waals surface area contributed by atoms with Crippen LogP contribution in [-0.2, 0) is 23.1 Å². The third-order valence-corrected chi connectivity index (χ3v) is 5.62. The average Bonchev–Trinajstić information content (AvgIpc) is 3.02. The molecule has 29 heavy (non-hydrogen) atoms. The molecule has 1 saturated heterocycles. The summed E-state index contributed by atoms with van der Waals surface area (Å²) >= 11 is 3.30. The number of aromatic nitrogens is 2. The van der Waals surface area contributed by atoms with Crippen molar-refractivity contribution < 1.29 is 18.4 Å². The average molecular weight is 461 g/mol. The summed E-state index contributed by atoms with van der Waals surface area (Å²) in [5.74, 6) is -0.220. The van der Waals surface area contributed by atoms with E-state index in [1.165, 1.54) is 10.6 Å². The van der Waals surface area contributed by atoms with Crippen LogP contribution in [0.3, 0.4) is 0 Å². The van der Waals surface area contributed by atoms with Crippen molar-refractivity contribution in [3.8, 4) is 5.75 Å². The van der Waals surface area contributed by atoms with Gasteiger partial charge in [0.2, 0.25) is 5.91 Å². The van der Waals surface area contributed by atoms with Gasteiger partial charge in [-0.3, -0.25) is 23.6 Å². The van der Waals surface area contributed by atoms with Gasteiger partial charge in [-0.15, -0.1) is 0 Å². The molecule has 1 unspecified atom stereocenters. The second-order valence-corrected chi connectivity index (χ2v) is 7.76. The Hall–Kier alpha value is -2.87. The monoisotopic (exact) mass is 460 g/mol. The molecule has 8 heteroatoms. The molecule has 4 rings (SSSR count). The summed E-state index contributed by atoms with van der Waals surface area (Å²) in [6, 6.07) is 10.8. The zero-order valence-electron chi connectivity index (χ0n) is 18.6. The first-order chi connectivity index (χ1) is 15.1. The summed E-state index contributed by atoms with van der Waals surface area (Å²) < 4.78 is 31.1. The van der Waals surface area contributed by atoms with Gasteiger partial charge in [0.05, 0.1) is 24.7 Å². The minimum atomic E-state index is -2.72. The number of aryl methyl sites for hydroxylation is 1. The van der Waals surface area contributed by atoms with Crippen LogP contribution >= 0.6 is 15.9 Å². The minimum absolute atomic E-state index is 0.0520. The second-order valence-electron chi connectivity index (χ2n) is 6.84. The predicted molar refractivity (Wildman–Crippen MR) is 112 cm³/mol. The number of hydrogen-bond acceptors (Lipinski definition) is 4. The normalized spacial score (nSPS) is 19.2. The number of piperidine rings is 1. The number of carbonyl (C=O) groups is 2. The minimum Gasteiger partial charge on any atom is -0.497 e. The predicted octanol–water partition coefficient (Wildman–Crippen LogP) is 3.00. The molecule has 1 aliphatic rings. The van der Waals surface area contributed by atoms with Gasteiger partial charge in [-0.05, 0) is 42.3 Å². The Bertz CT molecular complexity index is 1260. The van der Waals surface area contributed by atoms with E-state index in [2.05, 4.69) is 15.9 Å². The summed E-state index contributed by atoms with van der Waals surface area (Å²) in [5.41, 5.74) is 0.437. The van der Waals surface area contributed by atoms with Gasteiger partial charge < -0.3 is 4.74 Å². The third kappa shape index (κ3) is 3.37. The molecule has 0 N–H and O–H groups in total. The number of halogens is 1. The molecule has 0 aliphatic carbocycles. The van der Waals surface area contributed by atoms with Crippen LogP contribution in [0, 0.1) is 0 Å². The van der Waals surface area contributed by atoms with Crippen LogP contribution in [0.5, 0.6) is 5.75 Å². The van der Waals surface area contributed by atoms with E-state index in [0.29, 0.717) is 20.3 Å². The highest BCUT2D eigenvalue weighted by molar-refractivity contribution is 9.10. The van der Waals surface area contributed by atoms with Crippen LogP contribution in [0.15, 0.2) is 51.7 Å². The molecular formula is C21H20BrN3O4. The summed E-state index contributed by atoms with van der Waals surface area (Å²) in [4.78, 5) is 40.2. The van der Waals surface area contributed by atoms with Crippen molar-refractivity contribution in [1.82, 2.24) is 14.0 Å². The molecule has 0 bridgehead atoms. The first kappa shape index (κ1) is 16.0. The number of benzene rings is 2. The molecule has 2 amide bonds. The molecule has 1 atom stereocenters. The molecule has 0 spiro atoms. The van der Waals surface area contributed by atoms with Gasteiger partial charge in [0.25, 0.3) is 5.91 Å². The fraction of sp³-hybridized carbons (Fsp3) is 0.286. The lowest BCUT2D eigenvalue weighted by Crippen LogP contribution is -2.47. The van der Waals surface area contributed by atoms with Crippen molar-refractivity contribution in [2.75, 3.05) is 7.11 Å². The number of hydrogen-bond donors (Lipinski definition) is 0. The van der Waals surface area contributed by atoms with Crippen LogP contribution in [-0.4, -0.2) is 33.0 Å². The topological polar surface area (TPSA) is 73.5 Å². The number of methoxy groups -OCH3 is 1. The summed E-state index contributed by atoms with van der Waals surface area (Å²) in [7, 11) is 1.54. The number of fused-ring (bicyclic) bond motifs is 1. The lowest BCUT2D eigenvalue weighted by atomic mass is 10.0. The maximum Gasteiger partial charge on any atom is 0.329 e. The number of carbonyl (C=O) groups excluding carboxylic acids is 2. The molecule has 2 aromatic carbocycles. The van der Waals surface area contributed by atoms with Crippen molar-refractivity contribution in [3.63, 3.8) is 0 Å². The van der Waals surface area contributed by atoms with Gasteiger partial charge in [-0.2, -0.15) is 0 Å². The number of nitrogens with zero attached hydrogens (tertiary/aromatic N) is 3. The van der Waals surface area contributed by atoms with Gasteiger partial charge in [0, 0.05) is 22.0 Å². The number of likely N-dealkylation sites (tertiary alicyclic amines) is 1. The van der Waals surface area contributed by atoms with Gasteiger partial charge in [-0.1, -0.05) is 28.1 Å². The molecule has 1 aromatic heterocycles. The Morgan fingerprint density at radius 1 is 1.14 bits per heavy atom. The van der Waals surface area contributed by atoms with Gasteiger partial charge in [0.15, 0.2) is 0 Å². The summed E-state index contributed by atoms with van der Waals surface area (Å²) in [6.45, 7) is -2.67. The first-order valence-electron chi connectivity index (χ1n) is 10.5. The van der Waals surface area contributed by atoms with Crippen molar-refractivity contribution >= 4 is 38.8 Å². The molecular weight excluding hydrogens is 438 g/mol. The number of ether oxygens (including phenoxy) is 1. The lowest BCUT2D eigenvalue weighted by Gasteiger charge is -2.31. The SMILES string of the molecule is [2H]C([2H])([2H])n1c(=O)n(C2CCC(=O)N(Cc3ccc(OC)cc3)C2=O)c2ccc(Br)cc21. The van der Waals surface area contributed by atoms with Crippen LogP contribution in [0.1, 0.15) is 28.6 Å². The second kappa shape index (κ2) is 7.51. The van der Waals surface area contributed by atoms with Crippen molar-refractivity contribution in [1.29, 1.82) is 0 Å². The van der Waals surface area contributed by atoms with E-state index < -0.39 is 24.6 Å². The highest BCUT2D eigenvalue weighted by atomic mass is 79.9. The number of amides is 2. The van der Waals surface area contributed by atoms with Crippen LogP contribution in [0.4, 0.5) is 0 Å². The highest BCUT2D eigenvalue weighted by Gasteiger charge is 2.37. The Balaban J connectivity index is 1.77. The standard InChI is InChI=1S/C21H20BrN3O4/c1-23-18-11-14(22)5-8-16(18)25(21(23)28)17-9-10-19(26)24(20(17)27)12-13-3-6-15(29-2)7-4-13/h3-8,11,17H,9-10,12H2,1-2H3/i1D3. The van der Waals surface area contributed by atoms with E-state index in [1.807, 2.05) is 0 Å². The van der Waals surface area contributed by atoms with Crippen molar-refractivity contribution in [2.24, 2.45) is 6.98 Å². The Labute approximate surface area is 179 Å². The summed E-state index contributed by atoms with van der Waals surface area (Å²) in [5, 5.41) is 0. The van der Waals surface area contributed by atoms with E-state index in [1.54, 1.807) is 43.5 Å². The molecule has 2 heterocycles. The molecule has 7 nitrogen and oxygen atoms in total. The quantitative estimate of drug-likeness (QED) is 0.560. The molecule has 1 fully saturated rings. The fourth-order valence-electron chi connectivity index (χ4n) is 3.63. The zero-order valence-corrected chi connectivity index (χ0v) is 17.2. The molecule has 1 aliphatic heterocycles. The summed E-state index contributed by atoms with van der Waals surface area (Å²) in [6.07, 6.45) is 0.183. The van der Waals surface area contributed by atoms with E-state index in [0.717, 1.165) is 10.5 Å². The Kier molecular flexibility index (Phi) is 4.14. The van der Waals surface area contributed by atoms with E-state index >= 15 is 0 Å². The lowest BCUT2D eigenvalue weighted by molar-refractivity contribution is -0.151. The molecule has 0 saturated carbocycles. The van der Waals surface area contributed by atoms with E-state index in [-0.39, 0.29) is 30.8 Å². The number of imide groups is 1. The van der Waals surface area contributed by atoms with Gasteiger partial charge >= 0.3 is 5.69 Å². The fourth-order valence-corrected chi connectivity index (χ4v) is 3.98. The first-order valence-corrected chi connectivity index (χ1v) is 9.81. The maximum atomic E-state index is 13.3. The van der Waals surface area contributed by atoms with Crippen molar-refractivity contribution in [3.05, 3.63) is 63.0 Å². The third-order valence-electron chi connectivity index (χ3n) is 5.13. The molecule has 0 radical (unpaired) electrons. The van der Waals surface area contributed by atoms with Gasteiger partial charge in [0.1, 0.15) is 11.8 Å². The highest BCUT2D eigenvalue weighted by Crippen LogP contribution is 2.29. The van der Waals surface area contributed by atoms with Crippen LogP contribution in [0.2, 0.25) is 0 Å². The van der Waals surface area contributed by atoms with Crippen LogP contribution < -0.4 is 10.4 Å². The largest absolute Gasteiger partial charge is 0.497 e. The van der Waals surface area contributed by atoms with E-state index in [9.17, 15) is 14.4 Å². The molecule has 150 valence electrons. The van der Waals surface area contributed by atoms with Crippen LogP contribution in [0.25, 0.3) is 11.0 Å². The van der Waals surface area contributed by atoms with E-state index in [4.69, 9.17) is 8.85 Å². The zero-order chi connectivity index (χ0) is 23.2.